The average Bonchev–Trinajstić information content (AvgIpc) is 3.01. The first-order chi connectivity index (χ1) is 11.6. The third kappa shape index (κ3) is 4.32. The van der Waals surface area contributed by atoms with Crippen LogP contribution < -0.4 is 11.1 Å². The third-order valence-corrected chi connectivity index (χ3v) is 4.50. The van der Waals surface area contributed by atoms with Gasteiger partial charge in [-0.25, -0.2) is 4.98 Å². The number of nitrogens with zero attached hydrogens (tertiary/aromatic N) is 2. The number of nitrogens with two attached hydrogens (primary N) is 1. The molecule has 2 aromatic rings. The largest absolute Gasteiger partial charge is 0.370 e. The van der Waals surface area contributed by atoms with Gasteiger partial charge >= 0.3 is 0 Å². The second-order valence-electron chi connectivity index (χ2n) is 6.55. The summed E-state index contributed by atoms with van der Waals surface area (Å²) in [4.78, 5) is 17.9. The predicted octanol–water partition coefficient (Wildman–Crippen LogP) is 2.42. The Balaban J connectivity index is 1.47. The maximum Gasteiger partial charge on any atom is 0.248 e. The van der Waals surface area contributed by atoms with E-state index in [2.05, 4.69) is 28.2 Å². The molecule has 5 nitrogen and oxygen atoms in total. The lowest BCUT2D eigenvalue weighted by molar-refractivity contribution is 0.100. The van der Waals surface area contributed by atoms with E-state index in [1.807, 2.05) is 24.4 Å². The minimum atomic E-state index is -0.376. The molecular formula is C19H24N4O. The summed E-state index contributed by atoms with van der Waals surface area (Å²) in [7, 11) is 0. The van der Waals surface area contributed by atoms with Crippen molar-refractivity contribution in [3.63, 3.8) is 0 Å². The fourth-order valence-electron chi connectivity index (χ4n) is 3.14. The molecule has 0 saturated carbocycles. The van der Waals surface area contributed by atoms with Crippen LogP contribution in [0.5, 0.6) is 0 Å². The quantitative estimate of drug-likeness (QED) is 0.856. The van der Waals surface area contributed by atoms with Crippen LogP contribution in [0.2, 0.25) is 0 Å². The van der Waals surface area contributed by atoms with Crippen molar-refractivity contribution in [2.75, 3.05) is 25.0 Å². The van der Waals surface area contributed by atoms with Crippen molar-refractivity contribution in [2.45, 2.75) is 19.9 Å². The number of nitrogens with one attached hydrogen (secondary N) is 1. The summed E-state index contributed by atoms with van der Waals surface area (Å²) >= 11 is 0. The zero-order valence-electron chi connectivity index (χ0n) is 14.0. The molecule has 0 bridgehead atoms. The summed E-state index contributed by atoms with van der Waals surface area (Å²) in [5.41, 5.74) is 8.28. The van der Waals surface area contributed by atoms with Gasteiger partial charge in [0.25, 0.3) is 0 Å². The van der Waals surface area contributed by atoms with Crippen LogP contribution in [0, 0.1) is 12.8 Å². The van der Waals surface area contributed by atoms with E-state index in [9.17, 15) is 4.79 Å². The van der Waals surface area contributed by atoms with E-state index in [1.54, 1.807) is 12.1 Å². The molecule has 3 rings (SSSR count). The molecule has 24 heavy (non-hydrogen) atoms. The number of likely N-dealkylation sites (tertiary alicyclic amines) is 1. The molecule has 0 aliphatic carbocycles. The Hall–Kier alpha value is -2.40. The Morgan fingerprint density at radius 3 is 2.83 bits per heavy atom. The van der Waals surface area contributed by atoms with E-state index < -0.39 is 0 Å². The molecule has 3 N–H and O–H groups in total. The second-order valence-corrected chi connectivity index (χ2v) is 6.55. The van der Waals surface area contributed by atoms with E-state index in [1.165, 1.54) is 17.5 Å². The minimum Gasteiger partial charge on any atom is -0.370 e. The summed E-state index contributed by atoms with van der Waals surface area (Å²) in [5.74, 6) is 1.21. The number of aromatic nitrogens is 1. The van der Waals surface area contributed by atoms with Crippen LogP contribution in [0.3, 0.4) is 0 Å². The number of carbonyl (C=O) groups excluding carboxylic acids is 1. The van der Waals surface area contributed by atoms with Crippen molar-refractivity contribution < 1.29 is 4.79 Å². The first kappa shape index (κ1) is 16.5. The van der Waals surface area contributed by atoms with Gasteiger partial charge in [-0.05, 0) is 61.2 Å². The number of benzene rings is 1. The van der Waals surface area contributed by atoms with Crippen molar-refractivity contribution >= 4 is 11.7 Å². The van der Waals surface area contributed by atoms with Crippen molar-refractivity contribution in [3.05, 3.63) is 59.3 Å². The normalized spacial score (nSPS) is 17.8. The smallest absolute Gasteiger partial charge is 0.248 e. The van der Waals surface area contributed by atoms with Gasteiger partial charge in [-0.1, -0.05) is 12.1 Å². The predicted molar refractivity (Wildman–Crippen MR) is 95.8 cm³/mol. The van der Waals surface area contributed by atoms with Crippen molar-refractivity contribution in [3.8, 4) is 0 Å². The lowest BCUT2D eigenvalue weighted by Gasteiger charge is -2.17. The van der Waals surface area contributed by atoms with Gasteiger partial charge in [-0.2, -0.15) is 0 Å². The summed E-state index contributed by atoms with van der Waals surface area (Å²) in [6, 6.07) is 11.7. The van der Waals surface area contributed by atoms with Gasteiger partial charge in [0.2, 0.25) is 5.91 Å². The van der Waals surface area contributed by atoms with Crippen LogP contribution in [0.25, 0.3) is 0 Å². The number of amides is 1. The molecule has 5 heteroatoms. The van der Waals surface area contributed by atoms with E-state index in [0.29, 0.717) is 11.5 Å². The Labute approximate surface area is 142 Å². The van der Waals surface area contributed by atoms with E-state index >= 15 is 0 Å². The molecule has 0 spiro atoms. The van der Waals surface area contributed by atoms with Gasteiger partial charge in [0.15, 0.2) is 0 Å². The summed E-state index contributed by atoms with van der Waals surface area (Å²) in [5, 5.41) is 3.44. The van der Waals surface area contributed by atoms with Gasteiger partial charge in [-0.3, -0.25) is 9.69 Å². The number of pyridine rings is 1. The maximum absolute atomic E-state index is 11.1. The molecule has 1 unspecified atom stereocenters. The molecule has 1 saturated heterocycles. The molecule has 0 radical (unpaired) electrons. The van der Waals surface area contributed by atoms with Gasteiger partial charge in [0.1, 0.15) is 5.82 Å². The number of rotatable bonds is 6. The molecule has 1 fully saturated rings. The van der Waals surface area contributed by atoms with Crippen LogP contribution in [0.4, 0.5) is 5.82 Å². The zero-order chi connectivity index (χ0) is 16.9. The van der Waals surface area contributed by atoms with Gasteiger partial charge in [0, 0.05) is 31.4 Å². The minimum absolute atomic E-state index is 0.376. The summed E-state index contributed by atoms with van der Waals surface area (Å²) in [6.45, 7) is 6.13. The van der Waals surface area contributed by atoms with Crippen LogP contribution in [-0.4, -0.2) is 35.4 Å². The highest BCUT2D eigenvalue weighted by atomic mass is 16.1. The Morgan fingerprint density at radius 1 is 1.33 bits per heavy atom. The first-order valence-corrected chi connectivity index (χ1v) is 8.38. The molecular weight excluding hydrogens is 300 g/mol. The summed E-state index contributed by atoms with van der Waals surface area (Å²) in [6.07, 6.45) is 3.03. The lowest BCUT2D eigenvalue weighted by Crippen LogP contribution is -2.23. The second kappa shape index (κ2) is 7.45. The number of anilines is 1. The standard InChI is InChI=1S/C19H24N4O/c1-14-6-8-21-18(10-14)22-11-16-7-9-23(13-16)12-15-2-4-17(5-3-15)19(20)24/h2-6,8,10,16H,7,9,11-13H2,1H3,(H2,20,24)(H,21,22). The third-order valence-electron chi connectivity index (χ3n) is 4.50. The monoisotopic (exact) mass is 324 g/mol. The topological polar surface area (TPSA) is 71.2 Å². The van der Waals surface area contributed by atoms with Crippen molar-refractivity contribution in [1.29, 1.82) is 0 Å². The molecule has 126 valence electrons. The van der Waals surface area contributed by atoms with Gasteiger partial charge in [-0.15, -0.1) is 0 Å². The molecule has 2 heterocycles. The summed E-state index contributed by atoms with van der Waals surface area (Å²) < 4.78 is 0. The molecule has 1 aliphatic heterocycles. The molecule has 1 aliphatic rings. The maximum atomic E-state index is 11.1. The highest BCUT2D eigenvalue weighted by molar-refractivity contribution is 5.92. The Morgan fingerprint density at radius 2 is 2.12 bits per heavy atom. The number of carbonyl (C=O) groups is 1. The highest BCUT2D eigenvalue weighted by Gasteiger charge is 2.22. The fraction of sp³-hybridized carbons (Fsp3) is 0.368. The molecule has 1 aromatic carbocycles. The average molecular weight is 324 g/mol. The van der Waals surface area contributed by atoms with Gasteiger partial charge in [0.05, 0.1) is 0 Å². The number of primary amides is 1. The van der Waals surface area contributed by atoms with Crippen LogP contribution in [0.15, 0.2) is 42.6 Å². The first-order valence-electron chi connectivity index (χ1n) is 8.38. The van der Waals surface area contributed by atoms with E-state index in [0.717, 1.165) is 32.0 Å². The van der Waals surface area contributed by atoms with Crippen molar-refractivity contribution in [1.82, 2.24) is 9.88 Å². The van der Waals surface area contributed by atoms with Crippen molar-refractivity contribution in [2.24, 2.45) is 11.7 Å². The molecule has 1 atom stereocenters. The lowest BCUT2D eigenvalue weighted by atomic mass is 10.1. The molecule has 1 amide bonds. The molecule has 1 aromatic heterocycles. The Kier molecular flexibility index (Phi) is 5.11. The van der Waals surface area contributed by atoms with Gasteiger partial charge < -0.3 is 11.1 Å². The van der Waals surface area contributed by atoms with Crippen LogP contribution in [0.1, 0.15) is 27.9 Å². The fourth-order valence-corrected chi connectivity index (χ4v) is 3.14. The Bertz CT molecular complexity index is 699. The van der Waals surface area contributed by atoms with E-state index in [-0.39, 0.29) is 5.91 Å². The van der Waals surface area contributed by atoms with Crippen LogP contribution >= 0.6 is 0 Å². The zero-order valence-corrected chi connectivity index (χ0v) is 14.0. The SMILES string of the molecule is Cc1ccnc(NCC2CCN(Cc3ccc(C(N)=O)cc3)C2)c1. The van der Waals surface area contributed by atoms with Crippen LogP contribution in [-0.2, 0) is 6.54 Å². The number of hydrogen-bond donors (Lipinski definition) is 2. The highest BCUT2D eigenvalue weighted by Crippen LogP contribution is 2.19. The number of hydrogen-bond acceptors (Lipinski definition) is 4. The van der Waals surface area contributed by atoms with E-state index in [4.69, 9.17) is 5.73 Å². The number of aryl methyl sites for hydroxylation is 1.